The fourth-order valence-electron chi connectivity index (χ4n) is 2.77. The number of hydrogen-bond acceptors (Lipinski definition) is 3. The lowest BCUT2D eigenvalue weighted by molar-refractivity contribution is -0.119. The quantitative estimate of drug-likeness (QED) is 0.758. The zero-order valence-electron chi connectivity index (χ0n) is 13.0. The molecule has 0 aliphatic heterocycles. The summed E-state index contributed by atoms with van der Waals surface area (Å²) in [7, 11) is 0. The van der Waals surface area contributed by atoms with E-state index in [2.05, 4.69) is 48.7 Å². The predicted molar refractivity (Wildman–Crippen MR) is 89.7 cm³/mol. The van der Waals surface area contributed by atoms with E-state index in [1.54, 1.807) is 11.8 Å². The molecule has 116 valence electrons. The van der Waals surface area contributed by atoms with Gasteiger partial charge in [-0.05, 0) is 44.0 Å². The minimum absolute atomic E-state index is 0.164. The number of hydrogen-bond donors (Lipinski definition) is 2. The molecular formula is C17H26N2OS. The monoisotopic (exact) mass is 306 g/mol. The summed E-state index contributed by atoms with van der Waals surface area (Å²) >= 11 is 1.61. The Labute approximate surface area is 132 Å². The third kappa shape index (κ3) is 5.36. The van der Waals surface area contributed by atoms with E-state index in [1.807, 2.05) is 0 Å². The molecule has 2 rings (SSSR count). The van der Waals surface area contributed by atoms with Crippen molar-refractivity contribution in [1.29, 1.82) is 0 Å². The summed E-state index contributed by atoms with van der Waals surface area (Å²) in [6, 6.07) is 9.30. The standard InChI is InChI=1S/C17H26N2OS/c1-3-18-13(2)14-8-10-16(11-9-14)21-12-17(20)19-15-6-4-5-7-15/h8-11,13,15,18H,3-7,12H2,1-2H3,(H,19,20). The summed E-state index contributed by atoms with van der Waals surface area (Å²) in [5, 5.41) is 6.53. The zero-order chi connectivity index (χ0) is 15.1. The molecular weight excluding hydrogens is 280 g/mol. The molecule has 0 spiro atoms. The largest absolute Gasteiger partial charge is 0.353 e. The van der Waals surface area contributed by atoms with Gasteiger partial charge in [-0.3, -0.25) is 4.79 Å². The van der Waals surface area contributed by atoms with Crippen LogP contribution in [0.2, 0.25) is 0 Å². The molecule has 1 aliphatic carbocycles. The number of nitrogens with one attached hydrogen (secondary N) is 2. The summed E-state index contributed by atoms with van der Waals surface area (Å²) in [6.45, 7) is 5.25. The summed E-state index contributed by atoms with van der Waals surface area (Å²) in [4.78, 5) is 13.0. The molecule has 1 aromatic rings. The van der Waals surface area contributed by atoms with Gasteiger partial charge in [-0.1, -0.05) is 31.9 Å². The summed E-state index contributed by atoms with van der Waals surface area (Å²) in [5.41, 5.74) is 1.29. The van der Waals surface area contributed by atoms with Gasteiger partial charge in [0.15, 0.2) is 0 Å². The van der Waals surface area contributed by atoms with E-state index >= 15 is 0 Å². The van der Waals surface area contributed by atoms with Crippen LogP contribution in [-0.2, 0) is 4.79 Å². The zero-order valence-corrected chi connectivity index (χ0v) is 13.8. The van der Waals surface area contributed by atoms with Gasteiger partial charge in [0.2, 0.25) is 5.91 Å². The molecule has 0 saturated heterocycles. The van der Waals surface area contributed by atoms with Crippen molar-refractivity contribution in [1.82, 2.24) is 10.6 Å². The van der Waals surface area contributed by atoms with Crippen molar-refractivity contribution >= 4 is 17.7 Å². The second-order valence-corrected chi connectivity index (χ2v) is 6.73. The van der Waals surface area contributed by atoms with Crippen molar-refractivity contribution in [3.05, 3.63) is 29.8 Å². The number of thioether (sulfide) groups is 1. The topological polar surface area (TPSA) is 41.1 Å². The molecule has 1 atom stereocenters. The minimum atomic E-state index is 0.164. The fourth-order valence-corrected chi connectivity index (χ4v) is 3.47. The van der Waals surface area contributed by atoms with Gasteiger partial charge in [-0.25, -0.2) is 0 Å². The van der Waals surface area contributed by atoms with Crippen LogP contribution in [0.1, 0.15) is 51.1 Å². The Hall–Kier alpha value is -1.00. The lowest BCUT2D eigenvalue weighted by atomic mass is 10.1. The molecule has 1 amide bonds. The molecule has 0 heterocycles. The predicted octanol–water partition coefficient (Wildman–Crippen LogP) is 3.51. The van der Waals surface area contributed by atoms with E-state index in [0.717, 1.165) is 24.3 Å². The smallest absolute Gasteiger partial charge is 0.230 e. The molecule has 1 saturated carbocycles. The molecule has 0 aromatic heterocycles. The first-order valence-electron chi connectivity index (χ1n) is 7.94. The van der Waals surface area contributed by atoms with Gasteiger partial charge in [0.1, 0.15) is 0 Å². The summed E-state index contributed by atoms with van der Waals surface area (Å²) in [6.07, 6.45) is 4.80. The maximum Gasteiger partial charge on any atom is 0.230 e. The highest BCUT2D eigenvalue weighted by molar-refractivity contribution is 8.00. The van der Waals surface area contributed by atoms with Gasteiger partial charge in [0.05, 0.1) is 5.75 Å². The Bertz CT molecular complexity index is 441. The van der Waals surface area contributed by atoms with E-state index in [-0.39, 0.29) is 5.91 Å². The first-order valence-corrected chi connectivity index (χ1v) is 8.93. The fraction of sp³-hybridized carbons (Fsp3) is 0.588. The van der Waals surface area contributed by atoms with Gasteiger partial charge < -0.3 is 10.6 Å². The van der Waals surface area contributed by atoms with Crippen LogP contribution in [0, 0.1) is 0 Å². The van der Waals surface area contributed by atoms with Gasteiger partial charge in [-0.2, -0.15) is 0 Å². The van der Waals surface area contributed by atoms with E-state index in [0.29, 0.717) is 17.8 Å². The van der Waals surface area contributed by atoms with Crippen molar-refractivity contribution in [2.75, 3.05) is 12.3 Å². The molecule has 3 nitrogen and oxygen atoms in total. The molecule has 1 aliphatic rings. The van der Waals surface area contributed by atoms with Crippen molar-refractivity contribution in [3.8, 4) is 0 Å². The average molecular weight is 306 g/mol. The average Bonchev–Trinajstić information content (AvgIpc) is 2.99. The van der Waals surface area contributed by atoms with Crippen molar-refractivity contribution in [2.45, 2.75) is 56.5 Å². The van der Waals surface area contributed by atoms with Crippen LogP contribution in [0.15, 0.2) is 29.2 Å². The van der Waals surface area contributed by atoms with Crippen LogP contribution in [-0.4, -0.2) is 24.2 Å². The lowest BCUT2D eigenvalue weighted by Gasteiger charge is -2.13. The van der Waals surface area contributed by atoms with Gasteiger partial charge in [-0.15, -0.1) is 11.8 Å². The molecule has 21 heavy (non-hydrogen) atoms. The number of benzene rings is 1. The third-order valence-corrected chi connectivity index (χ3v) is 4.99. The normalized spacial score (nSPS) is 16.9. The Morgan fingerprint density at radius 2 is 1.95 bits per heavy atom. The maximum atomic E-state index is 11.9. The van der Waals surface area contributed by atoms with Gasteiger partial charge in [0.25, 0.3) is 0 Å². The second-order valence-electron chi connectivity index (χ2n) is 5.69. The highest BCUT2D eigenvalue weighted by atomic mass is 32.2. The lowest BCUT2D eigenvalue weighted by Crippen LogP contribution is -2.33. The molecule has 1 aromatic carbocycles. The summed E-state index contributed by atoms with van der Waals surface area (Å²) in [5.74, 6) is 0.676. The van der Waals surface area contributed by atoms with Gasteiger partial charge in [0, 0.05) is 17.0 Å². The van der Waals surface area contributed by atoms with E-state index in [9.17, 15) is 4.79 Å². The maximum absolute atomic E-state index is 11.9. The van der Waals surface area contributed by atoms with E-state index < -0.39 is 0 Å². The highest BCUT2D eigenvalue weighted by Crippen LogP contribution is 2.22. The first-order chi connectivity index (χ1) is 10.2. The molecule has 1 fully saturated rings. The number of rotatable bonds is 7. The first kappa shape index (κ1) is 16.4. The number of amides is 1. The Kier molecular flexibility index (Phi) is 6.58. The van der Waals surface area contributed by atoms with E-state index in [1.165, 1.54) is 18.4 Å². The van der Waals surface area contributed by atoms with Crippen LogP contribution in [0.25, 0.3) is 0 Å². The van der Waals surface area contributed by atoms with Crippen LogP contribution in [0.4, 0.5) is 0 Å². The SMILES string of the molecule is CCNC(C)c1ccc(SCC(=O)NC2CCCC2)cc1. The Balaban J connectivity index is 1.76. The van der Waals surface area contributed by atoms with E-state index in [4.69, 9.17) is 0 Å². The van der Waals surface area contributed by atoms with Crippen molar-refractivity contribution in [3.63, 3.8) is 0 Å². The van der Waals surface area contributed by atoms with Crippen molar-refractivity contribution in [2.24, 2.45) is 0 Å². The molecule has 2 N–H and O–H groups in total. The van der Waals surface area contributed by atoms with Gasteiger partial charge >= 0.3 is 0 Å². The van der Waals surface area contributed by atoms with Crippen LogP contribution in [0.3, 0.4) is 0 Å². The molecule has 0 radical (unpaired) electrons. The molecule has 1 unspecified atom stereocenters. The number of carbonyl (C=O) groups excluding carboxylic acids is 1. The Morgan fingerprint density at radius 3 is 2.57 bits per heavy atom. The van der Waals surface area contributed by atoms with Crippen LogP contribution < -0.4 is 10.6 Å². The minimum Gasteiger partial charge on any atom is -0.353 e. The molecule has 0 bridgehead atoms. The third-order valence-electron chi connectivity index (χ3n) is 3.98. The highest BCUT2D eigenvalue weighted by Gasteiger charge is 2.16. The second kappa shape index (κ2) is 8.44. The number of carbonyl (C=O) groups is 1. The van der Waals surface area contributed by atoms with Crippen LogP contribution >= 0.6 is 11.8 Å². The van der Waals surface area contributed by atoms with Crippen LogP contribution in [0.5, 0.6) is 0 Å². The molecule has 4 heteroatoms. The Morgan fingerprint density at radius 1 is 1.29 bits per heavy atom. The summed E-state index contributed by atoms with van der Waals surface area (Å²) < 4.78 is 0. The van der Waals surface area contributed by atoms with Crippen molar-refractivity contribution < 1.29 is 4.79 Å².